The Hall–Kier alpha value is 3.35. The van der Waals surface area contributed by atoms with Crippen LogP contribution >= 0.6 is 13.5 Å². The molecule has 0 fully saturated rings. The van der Waals surface area contributed by atoms with Gasteiger partial charge in [0.25, 0.3) is 0 Å². The van der Waals surface area contributed by atoms with E-state index in [2.05, 4.69) is 0 Å². The Morgan fingerprint density at radius 2 is 0.500 bits per heavy atom. The Balaban J connectivity index is 0. The molecule has 0 unspecified atom stereocenters. The fourth-order valence-corrected chi connectivity index (χ4v) is 0. The second-order valence-electron chi connectivity index (χ2n) is 0. The van der Waals surface area contributed by atoms with Gasteiger partial charge in [-0.2, -0.15) is 13.5 Å². The third-order valence-corrected chi connectivity index (χ3v) is 0. The van der Waals surface area contributed by atoms with Crippen LogP contribution in [0.2, 0.25) is 0 Å². The van der Waals surface area contributed by atoms with E-state index < -0.39 is 0 Å². The molecule has 0 aliphatic carbocycles. The second kappa shape index (κ2) is 16.2. The molecule has 0 aromatic carbocycles. The zero-order chi connectivity index (χ0) is 0. The fraction of sp³-hybridized carbons (Fsp3) is 0. The molecule has 0 aliphatic rings. The summed E-state index contributed by atoms with van der Waals surface area (Å²) < 4.78 is 0. The van der Waals surface area contributed by atoms with Crippen molar-refractivity contribution >= 4 is 102 Å². The van der Waals surface area contributed by atoms with Gasteiger partial charge in [-0.25, -0.2) is 0 Å². The van der Waals surface area contributed by atoms with Gasteiger partial charge in [-0.15, -0.1) is 0 Å². The Morgan fingerprint density at radius 1 is 0.500 bits per heavy atom. The zero-order valence-corrected chi connectivity index (χ0v) is 1.50. The SMILES string of the molecule is S.[NaH].[NaH].[NaH]. The first-order chi connectivity index (χ1) is 0. The summed E-state index contributed by atoms with van der Waals surface area (Å²) in [5.41, 5.74) is 0. The second-order valence-corrected chi connectivity index (χ2v) is 0. The first-order valence-corrected chi connectivity index (χ1v) is 0. The van der Waals surface area contributed by atoms with Crippen LogP contribution < -0.4 is 0 Å². The molecule has 0 amide bonds. The number of hydrogen-bond donors (Lipinski definition) is 0. The van der Waals surface area contributed by atoms with E-state index in [1.54, 1.807) is 0 Å². The molecular weight excluding hydrogens is 101 g/mol. The van der Waals surface area contributed by atoms with Gasteiger partial charge in [-0.05, 0) is 0 Å². The van der Waals surface area contributed by atoms with Crippen molar-refractivity contribution in [1.82, 2.24) is 0 Å². The molecule has 0 rings (SSSR count). The molecule has 0 bridgehead atoms. The first-order valence-electron chi connectivity index (χ1n) is 0. The molecule has 0 N–H and O–H groups in total. The Kier molecular flexibility index (Phi) is 107. The quantitative estimate of drug-likeness (QED) is 0.318. The van der Waals surface area contributed by atoms with Crippen molar-refractivity contribution in [3.63, 3.8) is 0 Å². The molecule has 0 radical (unpaired) electrons. The van der Waals surface area contributed by atoms with Crippen LogP contribution in [0.4, 0.5) is 0 Å². The number of rotatable bonds is 0. The van der Waals surface area contributed by atoms with Gasteiger partial charge in [-0.3, -0.25) is 0 Å². The van der Waals surface area contributed by atoms with Crippen LogP contribution in [0, 0.1) is 0 Å². The molecule has 0 saturated carbocycles. The first kappa shape index (κ1) is 26.4. The van der Waals surface area contributed by atoms with Gasteiger partial charge in [0.15, 0.2) is 0 Å². The van der Waals surface area contributed by atoms with Gasteiger partial charge in [-0.1, -0.05) is 0 Å². The van der Waals surface area contributed by atoms with Crippen LogP contribution in [-0.4, -0.2) is 88.7 Å². The fourth-order valence-electron chi connectivity index (χ4n) is 0. The van der Waals surface area contributed by atoms with Crippen molar-refractivity contribution in [3.05, 3.63) is 0 Å². The predicted octanol–water partition coefficient (Wildman–Crippen LogP) is -1.83. The van der Waals surface area contributed by atoms with E-state index in [1.807, 2.05) is 0 Å². The molecular formula is H5Na3S. The van der Waals surface area contributed by atoms with Crippen molar-refractivity contribution in [2.45, 2.75) is 0 Å². The maximum absolute atomic E-state index is 0. The molecule has 0 spiro atoms. The van der Waals surface area contributed by atoms with Crippen LogP contribution in [-0.2, 0) is 0 Å². The van der Waals surface area contributed by atoms with Crippen molar-refractivity contribution < 1.29 is 0 Å². The molecule has 0 nitrogen and oxygen atoms in total. The molecule has 0 aromatic heterocycles. The molecule has 0 saturated heterocycles. The summed E-state index contributed by atoms with van der Waals surface area (Å²) in [6.45, 7) is 0. The van der Waals surface area contributed by atoms with Gasteiger partial charge < -0.3 is 0 Å². The third-order valence-electron chi connectivity index (χ3n) is 0. The Bertz CT molecular complexity index is 3.25. The van der Waals surface area contributed by atoms with Gasteiger partial charge in [0.1, 0.15) is 0 Å². The predicted molar refractivity (Wildman–Crippen MR) is 31.8 cm³/mol. The van der Waals surface area contributed by atoms with Crippen LogP contribution in [0.1, 0.15) is 0 Å². The standard InChI is InChI=1S/3Na.H2S.3H/h;;;1H2;;;. The summed E-state index contributed by atoms with van der Waals surface area (Å²) in [7, 11) is 0. The molecule has 4 heteroatoms. The molecule has 0 atom stereocenters. The summed E-state index contributed by atoms with van der Waals surface area (Å²) >= 11 is 0. The monoisotopic (exact) mass is 106 g/mol. The van der Waals surface area contributed by atoms with Crippen LogP contribution in [0.3, 0.4) is 0 Å². The molecule has 0 heterocycles. The van der Waals surface area contributed by atoms with E-state index in [1.165, 1.54) is 0 Å². The Morgan fingerprint density at radius 3 is 0.500 bits per heavy atom. The molecule has 0 aliphatic heterocycles. The zero-order valence-electron chi connectivity index (χ0n) is 0.500. The van der Waals surface area contributed by atoms with Crippen LogP contribution in [0.25, 0.3) is 0 Å². The van der Waals surface area contributed by atoms with Crippen molar-refractivity contribution in [2.75, 3.05) is 0 Å². The summed E-state index contributed by atoms with van der Waals surface area (Å²) in [4.78, 5) is 0. The van der Waals surface area contributed by atoms with Crippen molar-refractivity contribution in [1.29, 1.82) is 0 Å². The number of hydrogen-bond acceptors (Lipinski definition) is 0. The average Bonchev–Trinajstić information content (AvgIpc) is 0. The minimum atomic E-state index is 0. The van der Waals surface area contributed by atoms with Crippen LogP contribution in [0.15, 0.2) is 0 Å². The summed E-state index contributed by atoms with van der Waals surface area (Å²) in [5.74, 6) is 0. The maximum atomic E-state index is 0. The van der Waals surface area contributed by atoms with Gasteiger partial charge in [0, 0.05) is 0 Å². The van der Waals surface area contributed by atoms with E-state index >= 15 is 0 Å². The van der Waals surface area contributed by atoms with Crippen LogP contribution in [0.5, 0.6) is 0 Å². The average molecular weight is 106 g/mol. The Labute approximate surface area is 99.8 Å². The normalized spacial score (nSPS) is 0. The molecule has 14 valence electrons. The van der Waals surface area contributed by atoms with Gasteiger partial charge in [0.05, 0.1) is 0 Å². The van der Waals surface area contributed by atoms with Gasteiger partial charge >= 0.3 is 88.7 Å². The summed E-state index contributed by atoms with van der Waals surface area (Å²) in [6.07, 6.45) is 0. The van der Waals surface area contributed by atoms with E-state index in [-0.39, 0.29) is 102 Å². The van der Waals surface area contributed by atoms with E-state index in [9.17, 15) is 0 Å². The topological polar surface area (TPSA) is 0 Å². The van der Waals surface area contributed by atoms with E-state index in [0.29, 0.717) is 0 Å². The molecule has 4 heavy (non-hydrogen) atoms. The van der Waals surface area contributed by atoms with E-state index in [4.69, 9.17) is 0 Å². The summed E-state index contributed by atoms with van der Waals surface area (Å²) in [5, 5.41) is 0. The summed E-state index contributed by atoms with van der Waals surface area (Å²) in [6, 6.07) is 0. The third kappa shape index (κ3) is 9.02. The van der Waals surface area contributed by atoms with Crippen molar-refractivity contribution in [2.24, 2.45) is 0 Å². The minimum absolute atomic E-state index is 0. The molecule has 0 aromatic rings. The van der Waals surface area contributed by atoms with E-state index in [0.717, 1.165) is 0 Å². The van der Waals surface area contributed by atoms with Gasteiger partial charge in [0.2, 0.25) is 0 Å². The van der Waals surface area contributed by atoms with Crippen molar-refractivity contribution in [3.8, 4) is 0 Å².